The maximum Gasteiger partial charge on any atom is 0.353 e. The fourth-order valence-electron chi connectivity index (χ4n) is 4.33. The molecule has 2 saturated heterocycles. The summed E-state index contributed by atoms with van der Waals surface area (Å²) in [6.07, 6.45) is 1.61. The van der Waals surface area contributed by atoms with E-state index in [2.05, 4.69) is 0 Å². The summed E-state index contributed by atoms with van der Waals surface area (Å²) in [5, 5.41) is 20.3. The van der Waals surface area contributed by atoms with Crippen molar-refractivity contribution < 1.29 is 24.6 Å². The minimum atomic E-state index is -1.18. The average Bonchev–Trinajstić information content (AvgIpc) is 2.76. The largest absolute Gasteiger partial charge is 0.477 e. The Kier molecular flexibility index (Phi) is 4.85. The van der Waals surface area contributed by atoms with E-state index in [4.69, 9.17) is 0 Å². The molecule has 0 spiro atoms. The van der Waals surface area contributed by atoms with Crippen molar-refractivity contribution in [2.24, 2.45) is 11.8 Å². The fourth-order valence-corrected chi connectivity index (χ4v) is 5.79. The van der Waals surface area contributed by atoms with Gasteiger partial charge in [0.1, 0.15) is 5.70 Å². The predicted octanol–water partition coefficient (Wildman–Crippen LogP) is 1.27. The topological polar surface area (TPSA) is 98.2 Å². The van der Waals surface area contributed by atoms with Crippen LogP contribution in [0.3, 0.4) is 0 Å². The number of carboxylic acid groups (broad SMARTS) is 1. The van der Waals surface area contributed by atoms with Crippen LogP contribution in [0, 0.1) is 11.8 Å². The van der Waals surface area contributed by atoms with Gasteiger partial charge in [-0.25, -0.2) is 4.79 Å². The third kappa shape index (κ3) is 3.03. The number of amides is 2. The molecule has 3 atom stereocenters. The lowest BCUT2D eigenvalue weighted by atomic mass is 9.73. The lowest BCUT2D eigenvalue weighted by Gasteiger charge is -2.49. The number of piperidine rings is 1. The van der Waals surface area contributed by atoms with Gasteiger partial charge in [0.05, 0.1) is 17.6 Å². The maximum atomic E-state index is 12.5. The zero-order valence-corrected chi connectivity index (χ0v) is 16.4. The summed E-state index contributed by atoms with van der Waals surface area (Å²) in [6, 6.07) is -0.298. The molecule has 3 rings (SSSR count). The fraction of sp³-hybridized carbons (Fsp3) is 0.722. The van der Waals surface area contributed by atoms with E-state index >= 15 is 0 Å². The van der Waals surface area contributed by atoms with E-state index in [0.29, 0.717) is 13.1 Å². The quantitative estimate of drug-likeness (QED) is 0.711. The minimum absolute atomic E-state index is 0.0656. The summed E-state index contributed by atoms with van der Waals surface area (Å²) < 4.78 is 0. The highest BCUT2D eigenvalue weighted by Gasteiger charge is 2.62. The second kappa shape index (κ2) is 6.56. The van der Waals surface area contributed by atoms with E-state index in [1.54, 1.807) is 20.8 Å². The van der Waals surface area contributed by atoms with Gasteiger partial charge in [0.2, 0.25) is 11.8 Å². The van der Waals surface area contributed by atoms with Gasteiger partial charge in [-0.2, -0.15) is 0 Å². The zero-order chi connectivity index (χ0) is 19.4. The molecule has 0 aromatic heterocycles. The zero-order valence-electron chi connectivity index (χ0n) is 15.6. The number of likely N-dealkylation sites (tertiary alicyclic amines) is 1. The normalized spacial score (nSPS) is 29.7. The molecule has 3 aliphatic heterocycles. The summed E-state index contributed by atoms with van der Waals surface area (Å²) in [5.74, 6) is -2.04. The van der Waals surface area contributed by atoms with Crippen molar-refractivity contribution in [3.8, 4) is 0 Å². The smallest absolute Gasteiger partial charge is 0.353 e. The van der Waals surface area contributed by atoms with Crippen LogP contribution in [0.5, 0.6) is 0 Å². The van der Waals surface area contributed by atoms with Crippen LogP contribution in [-0.2, 0) is 14.4 Å². The number of β-lactam (4-membered cyclic amide) rings is 1. The van der Waals surface area contributed by atoms with E-state index in [1.807, 2.05) is 11.8 Å². The summed E-state index contributed by atoms with van der Waals surface area (Å²) in [4.78, 5) is 39.7. The maximum absolute atomic E-state index is 12.5. The highest BCUT2D eigenvalue weighted by Crippen LogP contribution is 2.53. The molecule has 2 fully saturated rings. The molecule has 0 bridgehead atoms. The van der Waals surface area contributed by atoms with Gasteiger partial charge in [-0.3, -0.25) is 9.59 Å². The number of carboxylic acids is 1. The first-order valence-electron chi connectivity index (χ1n) is 8.99. The number of aliphatic hydroxyl groups is 1. The van der Waals surface area contributed by atoms with E-state index in [0.717, 1.165) is 17.7 Å². The molecule has 0 unspecified atom stereocenters. The van der Waals surface area contributed by atoms with Crippen molar-refractivity contribution in [2.45, 2.75) is 57.4 Å². The van der Waals surface area contributed by atoms with Crippen molar-refractivity contribution in [1.29, 1.82) is 0 Å². The minimum Gasteiger partial charge on any atom is -0.477 e. The Balaban J connectivity index is 1.79. The Morgan fingerprint density at radius 2 is 1.81 bits per heavy atom. The van der Waals surface area contributed by atoms with Crippen molar-refractivity contribution in [2.75, 3.05) is 13.1 Å². The molecule has 2 N–H and O–H groups in total. The summed E-state index contributed by atoms with van der Waals surface area (Å²) in [5.41, 5.74) is -1.10. The lowest BCUT2D eigenvalue weighted by molar-refractivity contribution is -0.171. The van der Waals surface area contributed by atoms with Crippen molar-refractivity contribution in [1.82, 2.24) is 9.80 Å². The van der Waals surface area contributed by atoms with Gasteiger partial charge < -0.3 is 20.0 Å². The lowest BCUT2D eigenvalue weighted by Crippen LogP contribution is -2.66. The van der Waals surface area contributed by atoms with Crippen molar-refractivity contribution >= 4 is 29.5 Å². The van der Waals surface area contributed by atoms with Crippen LogP contribution in [0.25, 0.3) is 0 Å². The number of aliphatic carboxylic acids is 1. The second-order valence-corrected chi connectivity index (χ2v) is 9.30. The van der Waals surface area contributed by atoms with Gasteiger partial charge in [0.15, 0.2) is 0 Å². The molecule has 0 radical (unpaired) electrons. The number of hydrogen-bond acceptors (Lipinski definition) is 5. The van der Waals surface area contributed by atoms with Crippen LogP contribution in [0.1, 0.15) is 40.5 Å². The van der Waals surface area contributed by atoms with Crippen molar-refractivity contribution in [3.05, 3.63) is 10.6 Å². The molecule has 2 amide bonds. The average molecular weight is 382 g/mol. The highest BCUT2D eigenvalue weighted by molar-refractivity contribution is 8.03. The molecule has 7 nitrogen and oxygen atoms in total. The molecule has 144 valence electrons. The van der Waals surface area contributed by atoms with E-state index in [9.17, 15) is 24.6 Å². The molecular weight excluding hydrogens is 356 g/mol. The standard InChI is InChI=1S/C18H26N2O5S/c1-9-13-12(18(3,4)25)16(22)20(13)14(17(23)24)15(9)26-11-5-7-19(8-6-11)10(2)21/h9,11-13,25H,5-8H2,1-4H3,(H,23,24)/t9-,12-,13-/m1/s1. The molecule has 3 heterocycles. The Morgan fingerprint density at radius 3 is 2.27 bits per heavy atom. The third-order valence-corrected chi connectivity index (χ3v) is 7.31. The molecule has 8 heteroatoms. The van der Waals surface area contributed by atoms with Crippen LogP contribution >= 0.6 is 11.8 Å². The number of rotatable bonds is 4. The van der Waals surface area contributed by atoms with Gasteiger partial charge in [-0.05, 0) is 26.7 Å². The molecular formula is C18H26N2O5S. The van der Waals surface area contributed by atoms with Gasteiger partial charge in [-0.1, -0.05) is 6.92 Å². The number of hydrogen-bond donors (Lipinski definition) is 2. The van der Waals surface area contributed by atoms with Gasteiger partial charge in [0, 0.05) is 36.1 Å². The van der Waals surface area contributed by atoms with E-state index in [-0.39, 0.29) is 34.7 Å². The first-order chi connectivity index (χ1) is 12.0. The van der Waals surface area contributed by atoms with Crippen LogP contribution < -0.4 is 0 Å². The number of nitrogens with zero attached hydrogens (tertiary/aromatic N) is 2. The third-order valence-electron chi connectivity index (χ3n) is 5.69. The summed E-state index contributed by atoms with van der Waals surface area (Å²) in [6.45, 7) is 8.05. The summed E-state index contributed by atoms with van der Waals surface area (Å²) in [7, 11) is 0. The molecule has 0 aliphatic carbocycles. The molecule has 0 aromatic carbocycles. The van der Waals surface area contributed by atoms with Crippen LogP contribution in [0.2, 0.25) is 0 Å². The number of carbonyl (C=O) groups is 3. The van der Waals surface area contributed by atoms with Crippen LogP contribution in [0.15, 0.2) is 10.6 Å². The SMILES string of the molecule is CC(=O)N1CCC(SC2=C(C(=O)O)N3C(=O)[C@H](C(C)(C)O)[C@H]3[C@H]2C)CC1. The Hall–Kier alpha value is -1.54. The molecule has 26 heavy (non-hydrogen) atoms. The number of thioether (sulfide) groups is 1. The van der Waals surface area contributed by atoms with E-state index < -0.39 is 17.5 Å². The van der Waals surface area contributed by atoms with E-state index in [1.165, 1.54) is 16.7 Å². The first-order valence-corrected chi connectivity index (χ1v) is 9.87. The highest BCUT2D eigenvalue weighted by atomic mass is 32.2. The molecule has 0 aromatic rings. The van der Waals surface area contributed by atoms with Crippen molar-refractivity contribution in [3.63, 3.8) is 0 Å². The number of carbonyl (C=O) groups excluding carboxylic acids is 2. The Labute approximate surface area is 157 Å². The Morgan fingerprint density at radius 1 is 1.23 bits per heavy atom. The first kappa shape index (κ1) is 19.2. The number of fused-ring (bicyclic) bond motifs is 1. The second-order valence-electron chi connectivity index (χ2n) is 7.96. The van der Waals surface area contributed by atoms with Crippen LogP contribution in [-0.4, -0.2) is 67.8 Å². The van der Waals surface area contributed by atoms with Gasteiger partial charge >= 0.3 is 5.97 Å². The predicted molar refractivity (Wildman–Crippen MR) is 97.1 cm³/mol. The Bertz CT molecular complexity index is 676. The summed E-state index contributed by atoms with van der Waals surface area (Å²) >= 11 is 1.53. The van der Waals surface area contributed by atoms with Gasteiger partial charge in [-0.15, -0.1) is 11.8 Å². The monoisotopic (exact) mass is 382 g/mol. The van der Waals surface area contributed by atoms with Gasteiger partial charge in [0.25, 0.3) is 0 Å². The van der Waals surface area contributed by atoms with Crippen LogP contribution in [0.4, 0.5) is 0 Å². The molecule has 0 saturated carbocycles. The molecule has 3 aliphatic rings.